The van der Waals surface area contributed by atoms with Crippen molar-refractivity contribution in [2.45, 2.75) is 6.92 Å². The highest BCUT2D eigenvalue weighted by Gasteiger charge is 2.22. The molecule has 0 amide bonds. The van der Waals surface area contributed by atoms with Gasteiger partial charge in [-0.1, -0.05) is 30.3 Å². The molecule has 0 atom stereocenters. The fourth-order valence-corrected chi connectivity index (χ4v) is 2.04. The molecule has 0 bridgehead atoms. The number of nitrogens with two attached hydrogens (primary N) is 1. The minimum absolute atomic E-state index is 0.0681. The van der Waals surface area contributed by atoms with Gasteiger partial charge in [-0.2, -0.15) is 5.26 Å². The van der Waals surface area contributed by atoms with Gasteiger partial charge in [0.2, 0.25) is 0 Å². The summed E-state index contributed by atoms with van der Waals surface area (Å²) < 4.78 is 4.89. The normalized spacial score (nSPS) is 9.90. The highest BCUT2D eigenvalue weighted by atomic mass is 16.5. The van der Waals surface area contributed by atoms with E-state index in [1.54, 1.807) is 31.2 Å². The summed E-state index contributed by atoms with van der Waals surface area (Å²) in [7, 11) is 0. The summed E-state index contributed by atoms with van der Waals surface area (Å²) in [5.41, 5.74) is 7.00. The Morgan fingerprint density at radius 3 is 2.62 bits per heavy atom. The predicted molar refractivity (Wildman–Crippen MR) is 78.6 cm³/mol. The molecule has 2 aromatic rings. The van der Waals surface area contributed by atoms with E-state index in [0.29, 0.717) is 5.56 Å². The molecule has 5 nitrogen and oxygen atoms in total. The van der Waals surface area contributed by atoms with Crippen molar-refractivity contribution in [1.82, 2.24) is 0 Å². The zero-order chi connectivity index (χ0) is 15.4. The van der Waals surface area contributed by atoms with Gasteiger partial charge in [-0.25, -0.2) is 4.79 Å². The molecule has 0 saturated carbocycles. The third kappa shape index (κ3) is 2.65. The summed E-state index contributed by atoms with van der Waals surface area (Å²) in [6, 6.07) is 12.0. The molecular formula is C16H14N2O3. The summed E-state index contributed by atoms with van der Waals surface area (Å²) in [5.74, 6) is -0.972. The van der Waals surface area contributed by atoms with Crippen LogP contribution in [0, 0.1) is 11.3 Å². The second-order valence-electron chi connectivity index (χ2n) is 4.31. The van der Waals surface area contributed by atoms with Gasteiger partial charge in [0.25, 0.3) is 0 Å². The third-order valence-electron chi connectivity index (χ3n) is 3.02. The van der Waals surface area contributed by atoms with Crippen LogP contribution in [0.2, 0.25) is 0 Å². The average molecular weight is 282 g/mol. The Labute approximate surface area is 122 Å². The highest BCUT2D eigenvalue weighted by molar-refractivity contribution is 5.99. The first-order valence-electron chi connectivity index (χ1n) is 6.38. The Balaban J connectivity index is 2.72. The van der Waals surface area contributed by atoms with Crippen LogP contribution >= 0.6 is 0 Å². The van der Waals surface area contributed by atoms with E-state index in [2.05, 4.69) is 0 Å². The molecule has 0 heterocycles. The number of hydrogen-bond acceptors (Lipinski definition) is 5. The van der Waals surface area contributed by atoms with Crippen LogP contribution in [0.1, 0.15) is 22.8 Å². The van der Waals surface area contributed by atoms with E-state index >= 15 is 0 Å². The van der Waals surface area contributed by atoms with Gasteiger partial charge in [0.05, 0.1) is 17.9 Å². The third-order valence-corrected chi connectivity index (χ3v) is 3.02. The maximum absolute atomic E-state index is 11.9. The molecule has 0 saturated heterocycles. The SMILES string of the molecule is CCOC(=O)c1cc(C#N)c(N)c(-c2ccccc2)c1O. The number of esters is 1. The lowest BCUT2D eigenvalue weighted by molar-refractivity contribution is 0.0523. The summed E-state index contributed by atoms with van der Waals surface area (Å²) >= 11 is 0. The number of aromatic hydroxyl groups is 1. The topological polar surface area (TPSA) is 96.3 Å². The number of ether oxygens (including phenoxy) is 1. The van der Waals surface area contributed by atoms with E-state index in [-0.39, 0.29) is 34.7 Å². The molecule has 0 aliphatic carbocycles. The van der Waals surface area contributed by atoms with Gasteiger partial charge < -0.3 is 15.6 Å². The van der Waals surface area contributed by atoms with Crippen molar-refractivity contribution in [2.75, 3.05) is 12.3 Å². The first-order valence-corrected chi connectivity index (χ1v) is 6.38. The molecule has 2 aromatic carbocycles. The number of nitriles is 1. The number of hydrogen-bond donors (Lipinski definition) is 2. The second-order valence-corrected chi connectivity index (χ2v) is 4.31. The summed E-state index contributed by atoms with van der Waals surface area (Å²) in [5, 5.41) is 19.5. The van der Waals surface area contributed by atoms with Crippen LogP contribution in [0.4, 0.5) is 5.69 Å². The van der Waals surface area contributed by atoms with Gasteiger partial charge in [0.15, 0.2) is 0 Å². The Kier molecular flexibility index (Phi) is 4.10. The lowest BCUT2D eigenvalue weighted by atomic mass is 9.96. The summed E-state index contributed by atoms with van der Waals surface area (Å²) in [4.78, 5) is 11.9. The first-order chi connectivity index (χ1) is 10.1. The maximum Gasteiger partial charge on any atom is 0.341 e. The number of phenols is 1. The highest BCUT2D eigenvalue weighted by Crippen LogP contribution is 2.39. The van der Waals surface area contributed by atoms with E-state index in [0.717, 1.165) is 0 Å². The van der Waals surface area contributed by atoms with Crippen LogP contribution < -0.4 is 5.73 Å². The van der Waals surface area contributed by atoms with E-state index in [1.807, 2.05) is 12.1 Å². The second kappa shape index (κ2) is 5.97. The first kappa shape index (κ1) is 14.4. The molecular weight excluding hydrogens is 268 g/mol. The van der Waals surface area contributed by atoms with Crippen molar-refractivity contribution in [3.05, 3.63) is 47.5 Å². The predicted octanol–water partition coefficient (Wildman–Crippen LogP) is 2.69. The summed E-state index contributed by atoms with van der Waals surface area (Å²) in [6.07, 6.45) is 0. The van der Waals surface area contributed by atoms with Gasteiger partial charge in [-0.3, -0.25) is 0 Å². The molecule has 21 heavy (non-hydrogen) atoms. The number of nitrogens with zero attached hydrogens (tertiary/aromatic N) is 1. The van der Waals surface area contributed by atoms with Crippen LogP contribution in [-0.4, -0.2) is 17.7 Å². The number of nitrogen functional groups attached to an aromatic ring is 1. The molecule has 0 unspecified atom stereocenters. The number of benzene rings is 2. The molecule has 3 N–H and O–H groups in total. The molecule has 0 fully saturated rings. The zero-order valence-corrected chi connectivity index (χ0v) is 11.5. The smallest absolute Gasteiger partial charge is 0.341 e. The lowest BCUT2D eigenvalue weighted by Crippen LogP contribution is -2.08. The number of phenolic OH excluding ortho intramolecular Hbond substituents is 1. The van der Waals surface area contributed by atoms with Gasteiger partial charge in [-0.05, 0) is 18.6 Å². The lowest BCUT2D eigenvalue weighted by Gasteiger charge is -2.13. The maximum atomic E-state index is 11.9. The minimum atomic E-state index is -0.691. The average Bonchev–Trinajstić information content (AvgIpc) is 2.49. The quantitative estimate of drug-likeness (QED) is 0.666. The van der Waals surface area contributed by atoms with Gasteiger partial charge in [0, 0.05) is 5.56 Å². The van der Waals surface area contributed by atoms with Crippen LogP contribution in [0.25, 0.3) is 11.1 Å². The van der Waals surface area contributed by atoms with Crippen molar-refractivity contribution in [3.63, 3.8) is 0 Å². The van der Waals surface area contributed by atoms with Crippen LogP contribution in [-0.2, 0) is 4.74 Å². The molecule has 0 spiro atoms. The largest absolute Gasteiger partial charge is 0.506 e. The van der Waals surface area contributed by atoms with Gasteiger partial charge >= 0.3 is 5.97 Å². The Hall–Kier alpha value is -3.00. The van der Waals surface area contributed by atoms with Crippen molar-refractivity contribution < 1.29 is 14.6 Å². The van der Waals surface area contributed by atoms with Crippen molar-refractivity contribution >= 4 is 11.7 Å². The molecule has 0 aliphatic heterocycles. The fourth-order valence-electron chi connectivity index (χ4n) is 2.04. The molecule has 5 heteroatoms. The standard InChI is InChI=1S/C16H14N2O3/c1-2-21-16(20)12-8-11(9-17)14(18)13(15(12)19)10-6-4-3-5-7-10/h3-8,19H,2,18H2,1H3. The number of carbonyl (C=O) groups excluding carboxylic acids is 1. The van der Waals surface area contributed by atoms with Crippen molar-refractivity contribution in [3.8, 4) is 22.9 Å². The van der Waals surface area contributed by atoms with Crippen molar-refractivity contribution in [1.29, 1.82) is 5.26 Å². The van der Waals surface area contributed by atoms with E-state index in [9.17, 15) is 9.90 Å². The number of anilines is 1. The molecule has 106 valence electrons. The molecule has 0 radical (unpaired) electrons. The Morgan fingerprint density at radius 1 is 1.38 bits per heavy atom. The van der Waals surface area contributed by atoms with Gasteiger partial charge in [0.1, 0.15) is 17.4 Å². The van der Waals surface area contributed by atoms with E-state index in [4.69, 9.17) is 15.7 Å². The fraction of sp³-hybridized carbons (Fsp3) is 0.125. The van der Waals surface area contributed by atoms with E-state index in [1.165, 1.54) is 6.07 Å². The summed E-state index contributed by atoms with van der Waals surface area (Å²) in [6.45, 7) is 1.83. The van der Waals surface area contributed by atoms with Crippen LogP contribution in [0.3, 0.4) is 0 Å². The van der Waals surface area contributed by atoms with Crippen molar-refractivity contribution in [2.24, 2.45) is 0 Å². The number of rotatable bonds is 3. The molecule has 2 rings (SSSR count). The zero-order valence-electron chi connectivity index (χ0n) is 11.5. The molecule has 0 aliphatic rings. The Bertz CT molecular complexity index is 719. The Morgan fingerprint density at radius 2 is 2.05 bits per heavy atom. The van der Waals surface area contributed by atoms with Gasteiger partial charge in [-0.15, -0.1) is 0 Å². The monoisotopic (exact) mass is 282 g/mol. The van der Waals surface area contributed by atoms with Crippen LogP contribution in [0.5, 0.6) is 5.75 Å². The van der Waals surface area contributed by atoms with E-state index < -0.39 is 5.97 Å². The van der Waals surface area contributed by atoms with Crippen LogP contribution in [0.15, 0.2) is 36.4 Å². The number of carbonyl (C=O) groups is 1. The molecule has 0 aromatic heterocycles. The minimum Gasteiger partial charge on any atom is -0.506 e.